The van der Waals surface area contributed by atoms with E-state index in [4.69, 9.17) is 21.1 Å². The normalized spacial score (nSPS) is 10.3. The Morgan fingerprint density at radius 3 is 2.86 bits per heavy atom. The topological polar surface area (TPSA) is 60.5 Å². The minimum atomic E-state index is -0.237. The quantitative estimate of drug-likeness (QED) is 0.627. The van der Waals surface area contributed by atoms with Gasteiger partial charge in [-0.05, 0) is 37.3 Å². The SMILES string of the molecule is CCOCCOc1cccc(C(=O)Nc2ccc(Cl)nc2)c1. The molecule has 1 amide bonds. The lowest BCUT2D eigenvalue weighted by Crippen LogP contribution is -2.12. The van der Waals surface area contributed by atoms with E-state index >= 15 is 0 Å². The summed E-state index contributed by atoms with van der Waals surface area (Å²) in [4.78, 5) is 16.1. The number of anilines is 1. The second-order valence-corrected chi connectivity index (χ2v) is 4.78. The van der Waals surface area contributed by atoms with Gasteiger partial charge in [-0.2, -0.15) is 0 Å². The van der Waals surface area contributed by atoms with E-state index in [0.717, 1.165) is 0 Å². The molecule has 5 nitrogen and oxygen atoms in total. The highest BCUT2D eigenvalue weighted by atomic mass is 35.5. The highest BCUT2D eigenvalue weighted by molar-refractivity contribution is 6.29. The fraction of sp³-hybridized carbons (Fsp3) is 0.250. The van der Waals surface area contributed by atoms with Crippen LogP contribution in [-0.2, 0) is 4.74 Å². The van der Waals surface area contributed by atoms with Crippen LogP contribution < -0.4 is 10.1 Å². The second-order valence-electron chi connectivity index (χ2n) is 4.40. The molecular formula is C16H17ClN2O3. The molecule has 1 aromatic carbocycles. The van der Waals surface area contributed by atoms with E-state index in [2.05, 4.69) is 10.3 Å². The van der Waals surface area contributed by atoms with Crippen molar-refractivity contribution >= 4 is 23.2 Å². The summed E-state index contributed by atoms with van der Waals surface area (Å²) in [5.41, 5.74) is 1.08. The van der Waals surface area contributed by atoms with E-state index in [0.29, 0.717) is 42.0 Å². The van der Waals surface area contributed by atoms with Crippen LogP contribution in [0, 0.1) is 0 Å². The summed E-state index contributed by atoms with van der Waals surface area (Å²) < 4.78 is 10.7. The minimum absolute atomic E-state index is 0.237. The molecule has 1 aromatic heterocycles. The van der Waals surface area contributed by atoms with E-state index in [1.165, 1.54) is 6.20 Å². The van der Waals surface area contributed by atoms with Gasteiger partial charge in [0.25, 0.3) is 5.91 Å². The fourth-order valence-corrected chi connectivity index (χ4v) is 1.85. The molecule has 6 heteroatoms. The van der Waals surface area contributed by atoms with Crippen LogP contribution >= 0.6 is 11.6 Å². The molecule has 0 aliphatic carbocycles. The molecule has 116 valence electrons. The third-order valence-electron chi connectivity index (χ3n) is 2.78. The number of carbonyl (C=O) groups is 1. The first-order valence-electron chi connectivity index (χ1n) is 6.92. The van der Waals surface area contributed by atoms with E-state index in [1.807, 2.05) is 6.92 Å². The van der Waals surface area contributed by atoms with Crippen LogP contribution in [0.5, 0.6) is 5.75 Å². The van der Waals surface area contributed by atoms with Gasteiger partial charge in [-0.1, -0.05) is 17.7 Å². The molecule has 1 heterocycles. The molecular weight excluding hydrogens is 304 g/mol. The predicted octanol–water partition coefficient (Wildman–Crippen LogP) is 3.40. The summed E-state index contributed by atoms with van der Waals surface area (Å²) in [6.45, 7) is 3.54. The average molecular weight is 321 g/mol. The number of hydrogen-bond donors (Lipinski definition) is 1. The highest BCUT2D eigenvalue weighted by Gasteiger charge is 2.07. The Morgan fingerprint density at radius 1 is 1.27 bits per heavy atom. The first-order valence-corrected chi connectivity index (χ1v) is 7.30. The Labute approximate surface area is 134 Å². The standard InChI is InChI=1S/C16H17ClN2O3/c1-2-21-8-9-22-14-5-3-4-12(10-14)16(20)19-13-6-7-15(17)18-11-13/h3-7,10-11H,2,8-9H2,1H3,(H,19,20). The van der Waals surface area contributed by atoms with Crippen molar-refractivity contribution in [3.63, 3.8) is 0 Å². The van der Waals surface area contributed by atoms with Gasteiger partial charge in [0.1, 0.15) is 17.5 Å². The maximum atomic E-state index is 12.2. The molecule has 0 atom stereocenters. The monoisotopic (exact) mass is 320 g/mol. The van der Waals surface area contributed by atoms with Crippen molar-refractivity contribution in [3.05, 3.63) is 53.3 Å². The predicted molar refractivity (Wildman–Crippen MR) is 85.6 cm³/mol. The summed E-state index contributed by atoms with van der Waals surface area (Å²) in [7, 11) is 0. The van der Waals surface area contributed by atoms with Crippen molar-refractivity contribution in [2.24, 2.45) is 0 Å². The molecule has 0 spiro atoms. The molecule has 0 saturated heterocycles. The van der Waals surface area contributed by atoms with E-state index in [9.17, 15) is 4.79 Å². The van der Waals surface area contributed by atoms with Gasteiger partial charge in [0.15, 0.2) is 0 Å². The summed E-state index contributed by atoms with van der Waals surface area (Å²) in [5.74, 6) is 0.390. The molecule has 0 fully saturated rings. The number of pyridine rings is 1. The molecule has 1 N–H and O–H groups in total. The molecule has 2 rings (SSSR count). The third-order valence-corrected chi connectivity index (χ3v) is 3.01. The summed E-state index contributed by atoms with van der Waals surface area (Å²) >= 11 is 5.71. The van der Waals surface area contributed by atoms with Crippen molar-refractivity contribution in [2.45, 2.75) is 6.92 Å². The van der Waals surface area contributed by atoms with Gasteiger partial charge >= 0.3 is 0 Å². The molecule has 2 aromatic rings. The smallest absolute Gasteiger partial charge is 0.255 e. The molecule has 0 aliphatic heterocycles. The van der Waals surface area contributed by atoms with Crippen LogP contribution in [0.3, 0.4) is 0 Å². The number of rotatable bonds is 7. The van der Waals surface area contributed by atoms with Gasteiger partial charge in [0, 0.05) is 12.2 Å². The number of carbonyl (C=O) groups excluding carboxylic acids is 1. The van der Waals surface area contributed by atoms with Gasteiger partial charge in [-0.15, -0.1) is 0 Å². The van der Waals surface area contributed by atoms with E-state index in [1.54, 1.807) is 36.4 Å². The van der Waals surface area contributed by atoms with Gasteiger partial charge in [-0.3, -0.25) is 4.79 Å². The third kappa shape index (κ3) is 5.02. The molecule has 0 aliphatic rings. The summed E-state index contributed by atoms with van der Waals surface area (Å²) in [6, 6.07) is 10.3. The van der Waals surface area contributed by atoms with Gasteiger partial charge in [-0.25, -0.2) is 4.98 Å². The zero-order chi connectivity index (χ0) is 15.8. The van der Waals surface area contributed by atoms with Crippen molar-refractivity contribution in [2.75, 3.05) is 25.1 Å². The van der Waals surface area contributed by atoms with Crippen LogP contribution in [-0.4, -0.2) is 30.7 Å². The number of nitrogens with one attached hydrogen (secondary N) is 1. The number of hydrogen-bond acceptors (Lipinski definition) is 4. The highest BCUT2D eigenvalue weighted by Crippen LogP contribution is 2.16. The molecule has 0 unspecified atom stereocenters. The van der Waals surface area contributed by atoms with Crippen molar-refractivity contribution in [1.82, 2.24) is 4.98 Å². The Morgan fingerprint density at radius 2 is 2.14 bits per heavy atom. The Balaban J connectivity index is 1.96. The number of nitrogens with zero attached hydrogens (tertiary/aromatic N) is 1. The zero-order valence-electron chi connectivity index (χ0n) is 12.2. The van der Waals surface area contributed by atoms with Crippen molar-refractivity contribution < 1.29 is 14.3 Å². The van der Waals surface area contributed by atoms with Gasteiger partial charge in [0.2, 0.25) is 0 Å². The van der Waals surface area contributed by atoms with Crippen LogP contribution in [0.15, 0.2) is 42.6 Å². The number of amides is 1. The number of benzene rings is 1. The van der Waals surface area contributed by atoms with Gasteiger partial charge < -0.3 is 14.8 Å². The van der Waals surface area contributed by atoms with Crippen LogP contribution in [0.25, 0.3) is 0 Å². The Hall–Kier alpha value is -2.11. The lowest BCUT2D eigenvalue weighted by molar-refractivity contribution is 0.102. The van der Waals surface area contributed by atoms with Gasteiger partial charge in [0.05, 0.1) is 18.5 Å². The molecule has 0 saturated carbocycles. The largest absolute Gasteiger partial charge is 0.491 e. The number of aromatic nitrogens is 1. The maximum Gasteiger partial charge on any atom is 0.255 e. The lowest BCUT2D eigenvalue weighted by atomic mass is 10.2. The fourth-order valence-electron chi connectivity index (χ4n) is 1.74. The zero-order valence-corrected chi connectivity index (χ0v) is 13.0. The Kier molecular flexibility index (Phi) is 6.18. The minimum Gasteiger partial charge on any atom is -0.491 e. The first kappa shape index (κ1) is 16.3. The lowest BCUT2D eigenvalue weighted by Gasteiger charge is -2.08. The molecule has 22 heavy (non-hydrogen) atoms. The number of halogens is 1. The first-order chi connectivity index (χ1) is 10.7. The maximum absolute atomic E-state index is 12.2. The van der Waals surface area contributed by atoms with Crippen molar-refractivity contribution in [3.8, 4) is 5.75 Å². The molecule has 0 bridgehead atoms. The van der Waals surface area contributed by atoms with Crippen LogP contribution in [0.1, 0.15) is 17.3 Å². The number of ether oxygens (including phenoxy) is 2. The second kappa shape index (κ2) is 8.36. The van der Waals surface area contributed by atoms with Crippen LogP contribution in [0.2, 0.25) is 5.15 Å². The molecule has 0 radical (unpaired) electrons. The summed E-state index contributed by atoms with van der Waals surface area (Å²) in [6.07, 6.45) is 1.50. The van der Waals surface area contributed by atoms with E-state index < -0.39 is 0 Å². The summed E-state index contributed by atoms with van der Waals surface area (Å²) in [5, 5.41) is 3.13. The average Bonchev–Trinajstić information content (AvgIpc) is 2.54. The van der Waals surface area contributed by atoms with Crippen molar-refractivity contribution in [1.29, 1.82) is 0 Å². The Bertz CT molecular complexity index is 617. The van der Waals surface area contributed by atoms with Crippen LogP contribution in [0.4, 0.5) is 5.69 Å². The van der Waals surface area contributed by atoms with E-state index in [-0.39, 0.29) is 5.91 Å².